The van der Waals surface area contributed by atoms with Crippen LogP contribution in [0.4, 0.5) is 4.79 Å². The number of benzene rings is 1. The minimum atomic E-state index is -1.21. The highest BCUT2D eigenvalue weighted by Crippen LogP contribution is 2.16. The number of ether oxygens (including phenoxy) is 2. The van der Waals surface area contributed by atoms with E-state index in [2.05, 4.69) is 4.90 Å². The lowest BCUT2D eigenvalue weighted by molar-refractivity contribution is -0.206. The first-order valence-electron chi connectivity index (χ1n) is 13.2. The molecule has 2 rings (SSSR count). The number of cyclic esters (lactones) is 1. The number of hydroxylamine groups is 2. The summed E-state index contributed by atoms with van der Waals surface area (Å²) in [4.78, 5) is 60.2. The minimum Gasteiger partial charge on any atom is -0.494 e. The Morgan fingerprint density at radius 3 is 2.13 bits per heavy atom. The molecule has 12 nitrogen and oxygen atoms in total. The van der Waals surface area contributed by atoms with Gasteiger partial charge in [0.2, 0.25) is 5.91 Å². The van der Waals surface area contributed by atoms with Crippen LogP contribution in [0.5, 0.6) is 5.75 Å². The van der Waals surface area contributed by atoms with E-state index in [4.69, 9.17) is 20.0 Å². The molecule has 1 aliphatic heterocycles. The molecule has 1 atom stereocenters. The predicted octanol–water partition coefficient (Wildman–Crippen LogP) is 1.69. The molecule has 1 heterocycles. The van der Waals surface area contributed by atoms with E-state index in [9.17, 15) is 19.2 Å². The summed E-state index contributed by atoms with van der Waals surface area (Å²) in [6.45, 7) is 12.4. The number of esters is 1. The molecule has 212 valence electrons. The lowest BCUT2D eigenvalue weighted by atomic mass is 10.2. The van der Waals surface area contributed by atoms with Gasteiger partial charge in [-0.2, -0.15) is 5.06 Å². The zero-order valence-corrected chi connectivity index (χ0v) is 22.9. The van der Waals surface area contributed by atoms with Gasteiger partial charge in [0, 0.05) is 18.7 Å². The fraction of sp³-hybridized carbons (Fsp3) is 0.615. The van der Waals surface area contributed by atoms with E-state index in [1.54, 1.807) is 24.3 Å². The van der Waals surface area contributed by atoms with E-state index in [0.717, 1.165) is 18.2 Å². The average Bonchev–Trinajstić information content (AvgIpc) is 2.92. The van der Waals surface area contributed by atoms with Gasteiger partial charge in [0.15, 0.2) is 6.23 Å². The van der Waals surface area contributed by atoms with Crippen molar-refractivity contribution in [2.75, 3.05) is 59.0 Å². The second-order valence-corrected chi connectivity index (χ2v) is 8.77. The molecule has 12 heteroatoms. The summed E-state index contributed by atoms with van der Waals surface area (Å²) in [5, 5.41) is 0.965. The minimum absolute atomic E-state index is 0.123. The molecule has 0 spiro atoms. The SMILES string of the molecule is CCN(CC)CCN1OC(=O)C(=O)OC(CN(CC)CC)N(CCCCOc2ccc(C(N)=O)cc2)C1=O. The highest BCUT2D eigenvalue weighted by Gasteiger charge is 2.38. The Labute approximate surface area is 224 Å². The van der Waals surface area contributed by atoms with Crippen molar-refractivity contribution in [1.29, 1.82) is 0 Å². The Balaban J connectivity index is 2.10. The van der Waals surface area contributed by atoms with Gasteiger partial charge in [0.25, 0.3) is 0 Å². The molecule has 0 saturated carbocycles. The summed E-state index contributed by atoms with van der Waals surface area (Å²) in [5.74, 6) is -2.25. The molecule has 0 radical (unpaired) electrons. The van der Waals surface area contributed by atoms with Gasteiger partial charge in [-0.3, -0.25) is 14.6 Å². The van der Waals surface area contributed by atoms with Crippen LogP contribution >= 0.6 is 0 Å². The summed E-state index contributed by atoms with van der Waals surface area (Å²) >= 11 is 0. The molecular weight excluding hydrogens is 494 g/mol. The molecule has 1 aromatic carbocycles. The number of unbranched alkanes of at least 4 members (excludes halogenated alkanes) is 1. The third-order valence-corrected chi connectivity index (χ3v) is 6.43. The maximum atomic E-state index is 13.6. The van der Waals surface area contributed by atoms with Gasteiger partial charge >= 0.3 is 18.0 Å². The van der Waals surface area contributed by atoms with Gasteiger partial charge in [-0.15, -0.1) is 0 Å². The van der Waals surface area contributed by atoms with E-state index >= 15 is 0 Å². The largest absolute Gasteiger partial charge is 0.494 e. The first-order valence-corrected chi connectivity index (χ1v) is 13.2. The molecule has 3 amide bonds. The Morgan fingerprint density at radius 1 is 0.921 bits per heavy atom. The number of carbonyl (C=O) groups is 4. The molecule has 1 saturated heterocycles. The van der Waals surface area contributed by atoms with Crippen molar-refractivity contribution in [2.24, 2.45) is 5.73 Å². The maximum absolute atomic E-state index is 13.6. The van der Waals surface area contributed by atoms with E-state index in [0.29, 0.717) is 50.4 Å². The van der Waals surface area contributed by atoms with Crippen molar-refractivity contribution in [1.82, 2.24) is 19.8 Å². The molecule has 2 N–H and O–H groups in total. The van der Waals surface area contributed by atoms with E-state index < -0.39 is 30.1 Å². The molecule has 0 aliphatic carbocycles. The topological polar surface area (TPSA) is 135 Å². The number of hydrogen-bond donors (Lipinski definition) is 1. The van der Waals surface area contributed by atoms with Crippen LogP contribution in [0.1, 0.15) is 50.9 Å². The number of hydrogen-bond acceptors (Lipinski definition) is 9. The number of amides is 3. The highest BCUT2D eigenvalue weighted by atomic mass is 16.7. The molecule has 1 unspecified atom stereocenters. The van der Waals surface area contributed by atoms with Crippen LogP contribution in [0, 0.1) is 0 Å². The smallest absolute Gasteiger partial charge is 0.441 e. The number of primary amides is 1. The highest BCUT2D eigenvalue weighted by molar-refractivity contribution is 6.29. The number of likely N-dealkylation sites (N-methyl/N-ethyl adjacent to an activating group) is 2. The first kappa shape index (κ1) is 30.8. The Kier molecular flexibility index (Phi) is 12.8. The van der Waals surface area contributed by atoms with Crippen molar-refractivity contribution in [2.45, 2.75) is 46.8 Å². The molecule has 1 fully saturated rings. The monoisotopic (exact) mass is 535 g/mol. The van der Waals surface area contributed by atoms with Crippen LogP contribution < -0.4 is 10.5 Å². The predicted molar refractivity (Wildman–Crippen MR) is 140 cm³/mol. The quantitative estimate of drug-likeness (QED) is 0.191. The van der Waals surface area contributed by atoms with Gasteiger partial charge in [0.05, 0.1) is 19.7 Å². The molecule has 1 aliphatic rings. The molecule has 0 aromatic heterocycles. The maximum Gasteiger partial charge on any atom is 0.441 e. The van der Waals surface area contributed by atoms with Gasteiger partial charge in [-0.05, 0) is 63.3 Å². The van der Waals surface area contributed by atoms with Crippen LogP contribution in [0.2, 0.25) is 0 Å². The second-order valence-electron chi connectivity index (χ2n) is 8.77. The van der Waals surface area contributed by atoms with E-state index in [1.165, 1.54) is 4.90 Å². The third-order valence-electron chi connectivity index (χ3n) is 6.43. The second kappa shape index (κ2) is 15.8. The van der Waals surface area contributed by atoms with Crippen LogP contribution in [-0.2, 0) is 19.2 Å². The third kappa shape index (κ3) is 9.18. The fourth-order valence-corrected chi connectivity index (χ4v) is 3.96. The van der Waals surface area contributed by atoms with E-state index in [1.807, 2.05) is 32.6 Å². The van der Waals surface area contributed by atoms with Gasteiger partial charge in [-0.1, -0.05) is 27.7 Å². The zero-order valence-electron chi connectivity index (χ0n) is 22.9. The van der Waals surface area contributed by atoms with Crippen molar-refractivity contribution < 1.29 is 33.5 Å². The Morgan fingerprint density at radius 2 is 1.55 bits per heavy atom. The number of carbonyl (C=O) groups excluding carboxylic acids is 4. The van der Waals surface area contributed by atoms with Gasteiger partial charge in [0.1, 0.15) is 5.75 Å². The number of nitrogens with zero attached hydrogens (tertiary/aromatic N) is 4. The van der Waals surface area contributed by atoms with Gasteiger partial charge < -0.3 is 24.9 Å². The normalized spacial score (nSPS) is 16.4. The summed E-state index contributed by atoms with van der Waals surface area (Å²) in [7, 11) is 0. The van der Waals surface area contributed by atoms with Crippen LogP contribution in [0.3, 0.4) is 0 Å². The number of rotatable bonds is 16. The number of urea groups is 1. The van der Waals surface area contributed by atoms with Crippen molar-refractivity contribution in [3.8, 4) is 5.75 Å². The molecule has 0 bridgehead atoms. The molecular formula is C26H41N5O7. The van der Waals surface area contributed by atoms with Crippen molar-refractivity contribution >= 4 is 23.9 Å². The van der Waals surface area contributed by atoms with E-state index in [-0.39, 0.29) is 19.6 Å². The Hall–Kier alpha value is -3.38. The lowest BCUT2D eigenvalue weighted by Crippen LogP contribution is -2.58. The lowest BCUT2D eigenvalue weighted by Gasteiger charge is -2.38. The molecule has 1 aromatic rings. The van der Waals surface area contributed by atoms with Crippen LogP contribution in [0.25, 0.3) is 0 Å². The Bertz CT molecular complexity index is 919. The van der Waals surface area contributed by atoms with Crippen LogP contribution in [0.15, 0.2) is 24.3 Å². The molecule has 38 heavy (non-hydrogen) atoms. The zero-order chi connectivity index (χ0) is 28.1. The van der Waals surface area contributed by atoms with Crippen LogP contribution in [-0.4, -0.2) is 109 Å². The average molecular weight is 536 g/mol. The summed E-state index contributed by atoms with van der Waals surface area (Å²) < 4.78 is 11.2. The summed E-state index contributed by atoms with van der Waals surface area (Å²) in [5.41, 5.74) is 5.66. The fourth-order valence-electron chi connectivity index (χ4n) is 3.96. The summed E-state index contributed by atoms with van der Waals surface area (Å²) in [6, 6.07) is 6.00. The van der Waals surface area contributed by atoms with Gasteiger partial charge in [-0.25, -0.2) is 14.4 Å². The number of nitrogens with two attached hydrogens (primary N) is 1. The summed E-state index contributed by atoms with van der Waals surface area (Å²) in [6.07, 6.45) is 0.211. The standard InChI is InChI=1S/C26H41N5O7/c1-5-28(6-2)16-17-31-26(35)30(22(19-29(7-3)8-4)37-24(33)25(34)38-31)15-9-10-18-36-21-13-11-20(12-14-21)23(27)32/h11-14,22H,5-10,15-19H2,1-4H3,(H2,27,32). The van der Waals surface area contributed by atoms with Crippen molar-refractivity contribution in [3.05, 3.63) is 29.8 Å². The van der Waals surface area contributed by atoms with Crippen molar-refractivity contribution in [3.63, 3.8) is 0 Å². The first-order chi connectivity index (χ1) is 18.2.